The maximum atomic E-state index is 13.0. The summed E-state index contributed by atoms with van der Waals surface area (Å²) in [6, 6.07) is 7.60. The highest BCUT2D eigenvalue weighted by Gasteiger charge is 2.30. The molecule has 0 bridgehead atoms. The highest BCUT2D eigenvalue weighted by atomic mass is 32.2. The lowest BCUT2D eigenvalue weighted by atomic mass is 9.92. The molecule has 0 aliphatic heterocycles. The Morgan fingerprint density at radius 1 is 1.04 bits per heavy atom. The van der Waals surface area contributed by atoms with Gasteiger partial charge in [0.1, 0.15) is 4.90 Å². The monoisotopic (exact) mass is 363 g/mol. The van der Waals surface area contributed by atoms with Crippen molar-refractivity contribution in [2.45, 2.75) is 70.7 Å². The van der Waals surface area contributed by atoms with E-state index in [2.05, 4.69) is 23.7 Å². The molecule has 25 heavy (non-hydrogen) atoms. The predicted molar refractivity (Wildman–Crippen MR) is 103 cm³/mol. The van der Waals surface area contributed by atoms with E-state index in [0.29, 0.717) is 17.3 Å². The summed E-state index contributed by atoms with van der Waals surface area (Å²) < 4.78 is 30.3. The molecule has 0 atom stereocenters. The number of nitrogens with zero attached hydrogens (tertiary/aromatic N) is 2. The summed E-state index contributed by atoms with van der Waals surface area (Å²) in [5.74, 6) is 0.405. The van der Waals surface area contributed by atoms with Crippen LogP contribution in [-0.4, -0.2) is 18.2 Å². The van der Waals surface area contributed by atoms with E-state index in [1.807, 2.05) is 46.8 Å². The number of hydrogen-bond donors (Lipinski definition) is 1. The zero-order chi connectivity index (χ0) is 19.0. The summed E-state index contributed by atoms with van der Waals surface area (Å²) in [7, 11) is -3.71. The molecule has 1 N–H and O–H groups in total. The highest BCUT2D eigenvalue weighted by Crippen LogP contribution is 2.30. The zero-order valence-corrected chi connectivity index (χ0v) is 17.0. The molecule has 0 aliphatic carbocycles. The van der Waals surface area contributed by atoms with Crippen molar-refractivity contribution >= 4 is 15.7 Å². The Bertz CT molecular complexity index is 827. The molecule has 0 amide bonds. The molecular formula is C19H29N3O2S. The first-order valence-corrected chi connectivity index (χ1v) is 10.1. The van der Waals surface area contributed by atoms with Gasteiger partial charge in [-0.3, -0.25) is 9.40 Å². The van der Waals surface area contributed by atoms with Crippen molar-refractivity contribution in [3.63, 3.8) is 0 Å². The van der Waals surface area contributed by atoms with Crippen LogP contribution in [0.1, 0.15) is 71.7 Å². The fraction of sp³-hybridized carbons (Fsp3) is 0.526. The van der Waals surface area contributed by atoms with E-state index >= 15 is 0 Å². The maximum absolute atomic E-state index is 13.0. The Balaban J connectivity index is 2.42. The third kappa shape index (κ3) is 4.42. The molecule has 2 rings (SSSR count). The number of rotatable bonds is 5. The Hall–Kier alpha value is -1.82. The van der Waals surface area contributed by atoms with Gasteiger partial charge in [-0.25, -0.2) is 8.42 Å². The van der Waals surface area contributed by atoms with Crippen molar-refractivity contribution in [2.75, 3.05) is 4.72 Å². The second-order valence-corrected chi connectivity index (χ2v) is 9.70. The van der Waals surface area contributed by atoms with Crippen LogP contribution in [0.3, 0.4) is 0 Å². The van der Waals surface area contributed by atoms with Crippen LogP contribution >= 0.6 is 0 Å². The zero-order valence-electron chi connectivity index (χ0n) is 16.2. The van der Waals surface area contributed by atoms with Crippen molar-refractivity contribution < 1.29 is 8.42 Å². The third-order valence-corrected chi connectivity index (χ3v) is 5.44. The molecule has 1 aromatic carbocycles. The lowest BCUT2D eigenvalue weighted by molar-refractivity contribution is 0.493. The molecule has 0 spiro atoms. The predicted octanol–water partition coefficient (Wildman–Crippen LogP) is 4.69. The van der Waals surface area contributed by atoms with E-state index in [-0.39, 0.29) is 16.4 Å². The molecule has 0 unspecified atom stereocenters. The van der Waals surface area contributed by atoms with Crippen molar-refractivity contribution in [1.29, 1.82) is 0 Å². The van der Waals surface area contributed by atoms with Gasteiger partial charge in [-0.1, -0.05) is 46.8 Å². The van der Waals surface area contributed by atoms with Crippen molar-refractivity contribution in [3.05, 3.63) is 41.7 Å². The van der Waals surface area contributed by atoms with Gasteiger partial charge < -0.3 is 0 Å². The Kier molecular flexibility index (Phi) is 5.33. The molecule has 1 aromatic heterocycles. The standard InChI is InChI=1S/C19H29N3O2S/c1-13(2)15-8-10-16(11-9-15)21-25(23,24)17-12-22(14(3)4)20-18(17)19(5,6)7/h8-14,21H,1-7H3. The minimum atomic E-state index is -3.71. The second kappa shape index (κ2) is 6.83. The first-order chi connectivity index (χ1) is 11.4. The maximum Gasteiger partial charge on any atom is 0.265 e. The normalized spacial score (nSPS) is 12.8. The van der Waals surface area contributed by atoms with E-state index in [1.54, 1.807) is 23.0 Å². The number of nitrogens with one attached hydrogen (secondary N) is 1. The van der Waals surface area contributed by atoms with Crippen molar-refractivity contribution in [2.24, 2.45) is 0 Å². The van der Waals surface area contributed by atoms with Gasteiger partial charge in [0.05, 0.1) is 5.69 Å². The van der Waals surface area contributed by atoms with Crippen LogP contribution in [0.15, 0.2) is 35.4 Å². The van der Waals surface area contributed by atoms with Gasteiger partial charge in [-0.05, 0) is 37.5 Å². The molecule has 1 heterocycles. The summed E-state index contributed by atoms with van der Waals surface area (Å²) in [6.45, 7) is 14.1. The average molecular weight is 364 g/mol. The Labute approximate surface area is 151 Å². The Morgan fingerprint density at radius 3 is 2.04 bits per heavy atom. The van der Waals surface area contributed by atoms with E-state index in [1.165, 1.54) is 5.56 Å². The SMILES string of the molecule is CC(C)c1ccc(NS(=O)(=O)c2cn(C(C)C)nc2C(C)(C)C)cc1. The van der Waals surface area contributed by atoms with Gasteiger partial charge in [0.2, 0.25) is 0 Å². The molecule has 0 saturated heterocycles. The molecule has 0 fully saturated rings. The second-order valence-electron chi connectivity index (χ2n) is 8.05. The molecule has 0 aliphatic rings. The van der Waals surface area contributed by atoms with Gasteiger partial charge in [0, 0.05) is 23.3 Å². The highest BCUT2D eigenvalue weighted by molar-refractivity contribution is 7.92. The number of aromatic nitrogens is 2. The van der Waals surface area contributed by atoms with Crippen LogP contribution in [0.2, 0.25) is 0 Å². The fourth-order valence-electron chi connectivity index (χ4n) is 2.50. The molecule has 0 saturated carbocycles. The van der Waals surface area contributed by atoms with Crippen LogP contribution in [0.5, 0.6) is 0 Å². The number of benzene rings is 1. The summed E-state index contributed by atoms with van der Waals surface area (Å²) >= 11 is 0. The third-order valence-electron chi connectivity index (χ3n) is 4.06. The molecule has 138 valence electrons. The summed E-state index contributed by atoms with van der Waals surface area (Å²) in [4.78, 5) is 0.238. The van der Waals surface area contributed by atoms with E-state index in [0.717, 1.165) is 0 Å². The Morgan fingerprint density at radius 2 is 1.60 bits per heavy atom. The molecule has 6 heteroatoms. The minimum Gasteiger partial charge on any atom is -0.280 e. The van der Waals surface area contributed by atoms with E-state index in [4.69, 9.17) is 0 Å². The van der Waals surface area contributed by atoms with E-state index < -0.39 is 10.0 Å². The largest absolute Gasteiger partial charge is 0.280 e. The van der Waals surface area contributed by atoms with Gasteiger partial charge in [-0.2, -0.15) is 5.10 Å². The smallest absolute Gasteiger partial charge is 0.265 e. The number of anilines is 1. The first-order valence-electron chi connectivity index (χ1n) is 8.64. The van der Waals surface area contributed by atoms with Crippen LogP contribution in [0.4, 0.5) is 5.69 Å². The number of sulfonamides is 1. The lowest BCUT2D eigenvalue weighted by Gasteiger charge is -2.18. The van der Waals surface area contributed by atoms with Crippen molar-refractivity contribution in [1.82, 2.24) is 9.78 Å². The molecule has 2 aromatic rings. The minimum absolute atomic E-state index is 0.0929. The molecule has 5 nitrogen and oxygen atoms in total. The summed E-state index contributed by atoms with van der Waals surface area (Å²) in [5.41, 5.74) is 1.94. The fourth-order valence-corrected chi connectivity index (χ4v) is 3.91. The van der Waals surface area contributed by atoms with Crippen LogP contribution in [0.25, 0.3) is 0 Å². The average Bonchev–Trinajstić information content (AvgIpc) is 2.93. The van der Waals surface area contributed by atoms with Crippen LogP contribution in [0, 0.1) is 0 Å². The van der Waals surface area contributed by atoms with E-state index in [9.17, 15) is 8.42 Å². The topological polar surface area (TPSA) is 64.0 Å². The number of hydrogen-bond acceptors (Lipinski definition) is 3. The quantitative estimate of drug-likeness (QED) is 0.838. The first kappa shape index (κ1) is 19.5. The lowest BCUT2D eigenvalue weighted by Crippen LogP contribution is -2.20. The van der Waals surface area contributed by atoms with Gasteiger partial charge in [-0.15, -0.1) is 0 Å². The summed E-state index contributed by atoms with van der Waals surface area (Å²) in [5, 5.41) is 4.52. The van der Waals surface area contributed by atoms with Gasteiger partial charge >= 0.3 is 0 Å². The van der Waals surface area contributed by atoms with Gasteiger partial charge in [0.25, 0.3) is 10.0 Å². The molecular weight excluding hydrogens is 334 g/mol. The van der Waals surface area contributed by atoms with Crippen LogP contribution < -0.4 is 4.72 Å². The molecule has 0 radical (unpaired) electrons. The van der Waals surface area contributed by atoms with Crippen LogP contribution in [-0.2, 0) is 15.4 Å². The summed E-state index contributed by atoms with van der Waals surface area (Å²) in [6.07, 6.45) is 1.62. The van der Waals surface area contributed by atoms with Crippen molar-refractivity contribution in [3.8, 4) is 0 Å². The van der Waals surface area contributed by atoms with Gasteiger partial charge in [0.15, 0.2) is 0 Å².